The summed E-state index contributed by atoms with van der Waals surface area (Å²) in [5, 5.41) is 0.966. The lowest BCUT2D eigenvalue weighted by Gasteiger charge is -2.39. The van der Waals surface area contributed by atoms with E-state index in [0.717, 1.165) is 17.3 Å². The van der Waals surface area contributed by atoms with E-state index >= 15 is 0 Å². The molecule has 1 atom stereocenters. The van der Waals surface area contributed by atoms with Crippen molar-refractivity contribution in [2.24, 2.45) is 0 Å². The molecule has 1 unspecified atom stereocenters. The highest BCUT2D eigenvalue weighted by Crippen LogP contribution is 2.42. The Balaban J connectivity index is 3.17. The van der Waals surface area contributed by atoms with Gasteiger partial charge in [0.15, 0.2) is 0 Å². The summed E-state index contributed by atoms with van der Waals surface area (Å²) in [6.45, 7) is 9.70. The molecule has 0 aliphatic heterocycles. The summed E-state index contributed by atoms with van der Waals surface area (Å²) in [4.78, 5) is 0. The first-order valence-corrected chi connectivity index (χ1v) is 11.4. The maximum absolute atomic E-state index is 6.05. The van der Waals surface area contributed by atoms with Gasteiger partial charge in [-0.15, -0.1) is 0 Å². The van der Waals surface area contributed by atoms with Gasteiger partial charge in [-0.3, -0.25) is 0 Å². The van der Waals surface area contributed by atoms with Crippen molar-refractivity contribution in [3.8, 4) is 0 Å². The van der Waals surface area contributed by atoms with Gasteiger partial charge in [-0.05, 0) is 45.2 Å². The van der Waals surface area contributed by atoms with Crippen LogP contribution < -0.4 is 0 Å². The van der Waals surface area contributed by atoms with E-state index < -0.39 is 12.8 Å². The Labute approximate surface area is 152 Å². The predicted molar refractivity (Wildman–Crippen MR) is 101 cm³/mol. The average molecular weight is 454 g/mol. The van der Waals surface area contributed by atoms with Crippen LogP contribution in [0.5, 0.6) is 0 Å². The van der Waals surface area contributed by atoms with Crippen molar-refractivity contribution in [2.45, 2.75) is 38.1 Å². The number of hydrogen-bond donors (Lipinski definition) is 0. The van der Waals surface area contributed by atoms with E-state index in [1.807, 2.05) is 20.8 Å². The van der Waals surface area contributed by atoms with Gasteiger partial charge in [-0.25, -0.2) is 0 Å². The van der Waals surface area contributed by atoms with Crippen molar-refractivity contribution in [1.82, 2.24) is 0 Å². The molecule has 1 aromatic rings. The third-order valence-corrected chi connectivity index (χ3v) is 9.21. The van der Waals surface area contributed by atoms with Crippen LogP contribution in [0.1, 0.15) is 38.8 Å². The van der Waals surface area contributed by atoms with Crippen LogP contribution in [-0.4, -0.2) is 34.0 Å². The molecule has 0 aliphatic carbocycles. The lowest BCUT2D eigenvalue weighted by atomic mass is 10.1. The first kappa shape index (κ1) is 20.3. The van der Waals surface area contributed by atoms with Crippen LogP contribution in [0.4, 0.5) is 0 Å². The van der Waals surface area contributed by atoms with Crippen LogP contribution in [0, 0.1) is 0 Å². The van der Waals surface area contributed by atoms with Crippen molar-refractivity contribution in [2.75, 3.05) is 25.2 Å². The topological polar surface area (TPSA) is 27.7 Å². The third kappa shape index (κ3) is 4.64. The number of alkyl halides is 2. The van der Waals surface area contributed by atoms with Gasteiger partial charge >= 0.3 is 8.80 Å². The minimum Gasteiger partial charge on any atom is -0.373 e. The van der Waals surface area contributed by atoms with Crippen LogP contribution in [0.3, 0.4) is 0 Å². The normalized spacial score (nSPS) is 14.8. The second kappa shape index (κ2) is 9.54. The molecule has 6 heteroatoms. The molecule has 0 aromatic heterocycles. The summed E-state index contributed by atoms with van der Waals surface area (Å²) in [6, 6.07) is 8.56. The van der Waals surface area contributed by atoms with E-state index in [-0.39, 0.29) is 0 Å². The minimum atomic E-state index is -2.89. The number of halogens is 2. The quantitative estimate of drug-likeness (QED) is 0.375. The van der Waals surface area contributed by atoms with E-state index in [1.165, 1.54) is 5.56 Å². The van der Waals surface area contributed by atoms with Gasteiger partial charge in [0.2, 0.25) is 0 Å². The van der Waals surface area contributed by atoms with Crippen molar-refractivity contribution < 1.29 is 13.3 Å². The lowest BCUT2D eigenvalue weighted by Crippen LogP contribution is -2.59. The highest BCUT2D eigenvalue weighted by atomic mass is 79.9. The highest BCUT2D eigenvalue weighted by molar-refractivity contribution is 9.10. The minimum absolute atomic E-state index is 0.477. The molecule has 0 aliphatic rings. The Bertz CT molecular complexity index is 421. The number of rotatable bonds is 10. The lowest BCUT2D eigenvalue weighted by molar-refractivity contribution is 0.0600. The molecular weight excluding hydrogens is 428 g/mol. The van der Waals surface area contributed by atoms with Crippen molar-refractivity contribution in [1.29, 1.82) is 0 Å². The molecule has 0 saturated heterocycles. The molecule has 1 aromatic carbocycles. The Morgan fingerprint density at radius 2 is 1.41 bits per heavy atom. The second-order valence-electron chi connectivity index (χ2n) is 4.99. The summed E-state index contributed by atoms with van der Waals surface area (Å²) in [5.41, 5.74) is 2.42. The molecule has 3 nitrogen and oxygen atoms in total. The molecule has 0 spiro atoms. The Morgan fingerprint density at radius 1 is 0.955 bits per heavy atom. The zero-order valence-electron chi connectivity index (χ0n) is 13.8. The maximum Gasteiger partial charge on any atom is 0.522 e. The molecule has 0 saturated carbocycles. The molecular formula is C16H26Br2O3Si. The van der Waals surface area contributed by atoms with Crippen LogP contribution in [0.25, 0.3) is 0 Å². The summed E-state index contributed by atoms with van der Waals surface area (Å²) >= 11 is 7.33. The number of hydrogen-bond acceptors (Lipinski definition) is 3. The fraction of sp³-hybridized carbons (Fsp3) is 0.625. The standard InChI is InChI=1S/C16H26Br2O3Si/c1-5-19-22(20-6-2,21-7-3)16(4,18)15-10-8-14(9-11-15)12-13-17/h8-11H,5-7,12-13H2,1-4H3. The molecule has 0 heterocycles. The van der Waals surface area contributed by atoms with Crippen LogP contribution in [-0.2, 0) is 23.6 Å². The predicted octanol–water partition coefficient (Wildman–Crippen LogP) is 4.82. The summed E-state index contributed by atoms with van der Waals surface area (Å²) < 4.78 is 17.7. The Hall–Kier alpha value is 0.277. The molecule has 0 N–H and O–H groups in total. The summed E-state index contributed by atoms with van der Waals surface area (Å²) in [5.74, 6) is 0. The SMILES string of the molecule is CCO[Si](OCC)(OCC)C(C)(Br)c1ccc(CCBr)cc1. The fourth-order valence-electron chi connectivity index (χ4n) is 2.37. The van der Waals surface area contributed by atoms with Gasteiger partial charge < -0.3 is 13.3 Å². The van der Waals surface area contributed by atoms with Crippen LogP contribution in [0.15, 0.2) is 24.3 Å². The van der Waals surface area contributed by atoms with Gasteiger partial charge in [-0.1, -0.05) is 56.1 Å². The zero-order chi connectivity index (χ0) is 16.6. The Morgan fingerprint density at radius 3 is 1.77 bits per heavy atom. The van der Waals surface area contributed by atoms with Gasteiger partial charge in [0, 0.05) is 25.2 Å². The maximum atomic E-state index is 6.05. The third-order valence-electron chi connectivity index (χ3n) is 3.46. The largest absolute Gasteiger partial charge is 0.522 e. The smallest absolute Gasteiger partial charge is 0.373 e. The molecule has 1 rings (SSSR count). The van der Waals surface area contributed by atoms with Crippen molar-refractivity contribution in [3.63, 3.8) is 0 Å². The van der Waals surface area contributed by atoms with Crippen LogP contribution >= 0.6 is 31.9 Å². The molecule has 0 bridgehead atoms. The molecule has 22 heavy (non-hydrogen) atoms. The molecule has 0 fully saturated rings. The van der Waals surface area contributed by atoms with E-state index in [4.69, 9.17) is 13.3 Å². The van der Waals surface area contributed by atoms with Crippen LogP contribution in [0.2, 0.25) is 0 Å². The average Bonchev–Trinajstić information content (AvgIpc) is 2.48. The number of benzene rings is 1. The summed E-state index contributed by atoms with van der Waals surface area (Å²) in [6.07, 6.45) is 1.02. The zero-order valence-corrected chi connectivity index (χ0v) is 18.0. The highest BCUT2D eigenvalue weighted by Gasteiger charge is 2.58. The van der Waals surface area contributed by atoms with Gasteiger partial charge in [0.05, 0.1) is 0 Å². The van der Waals surface area contributed by atoms with Crippen molar-refractivity contribution >= 4 is 40.7 Å². The van der Waals surface area contributed by atoms with Gasteiger partial charge in [0.25, 0.3) is 0 Å². The van der Waals surface area contributed by atoms with E-state index in [1.54, 1.807) is 0 Å². The molecule has 0 radical (unpaired) electrons. The van der Waals surface area contributed by atoms with E-state index in [9.17, 15) is 0 Å². The fourth-order valence-corrected chi connectivity index (χ4v) is 6.85. The first-order valence-electron chi connectivity index (χ1n) is 7.73. The second-order valence-corrected chi connectivity index (χ2v) is 11.1. The van der Waals surface area contributed by atoms with Crippen molar-refractivity contribution in [3.05, 3.63) is 35.4 Å². The molecule has 126 valence electrons. The number of aryl methyl sites for hydroxylation is 1. The Kier molecular flexibility index (Phi) is 8.82. The first-order chi connectivity index (χ1) is 10.5. The molecule has 0 amide bonds. The van der Waals surface area contributed by atoms with E-state index in [0.29, 0.717) is 19.8 Å². The van der Waals surface area contributed by atoms with Gasteiger partial charge in [-0.2, -0.15) is 0 Å². The summed E-state index contributed by atoms with van der Waals surface area (Å²) in [7, 11) is -2.89. The monoisotopic (exact) mass is 452 g/mol. The van der Waals surface area contributed by atoms with Gasteiger partial charge in [0.1, 0.15) is 3.95 Å². The van der Waals surface area contributed by atoms with E-state index in [2.05, 4.69) is 63.0 Å².